The smallest absolute Gasteiger partial charge is 0.349 e. The number of ether oxygens (including phenoxy) is 2. The SMILES string of the molecule is CCOC(=O)c1c(NC(=O)COC(=O)c2ccc([N+](=O)[O-])s2)sc(C)c1CC. The fourth-order valence-corrected chi connectivity index (χ4v) is 4.28. The van der Waals surface area contributed by atoms with Crippen LogP contribution in [0.2, 0.25) is 0 Å². The zero-order valence-electron chi connectivity index (χ0n) is 15.4. The van der Waals surface area contributed by atoms with Crippen LogP contribution in [0, 0.1) is 17.0 Å². The summed E-state index contributed by atoms with van der Waals surface area (Å²) in [5.41, 5.74) is 1.10. The Labute approximate surface area is 168 Å². The van der Waals surface area contributed by atoms with E-state index in [-0.39, 0.29) is 16.5 Å². The molecule has 9 nitrogen and oxygen atoms in total. The normalized spacial score (nSPS) is 10.4. The predicted molar refractivity (Wildman–Crippen MR) is 104 cm³/mol. The molecule has 0 saturated heterocycles. The van der Waals surface area contributed by atoms with Gasteiger partial charge in [0.05, 0.1) is 17.1 Å². The van der Waals surface area contributed by atoms with Gasteiger partial charge in [-0.2, -0.15) is 0 Å². The van der Waals surface area contributed by atoms with Gasteiger partial charge in [-0.05, 0) is 31.9 Å². The second-order valence-electron chi connectivity index (χ2n) is 5.43. The number of hydrogen-bond donors (Lipinski definition) is 1. The van der Waals surface area contributed by atoms with Gasteiger partial charge in [-0.3, -0.25) is 14.9 Å². The number of aryl methyl sites for hydroxylation is 1. The number of carbonyl (C=O) groups excluding carboxylic acids is 3. The van der Waals surface area contributed by atoms with Crippen LogP contribution in [0.4, 0.5) is 10.0 Å². The molecule has 0 aliphatic heterocycles. The molecule has 0 aliphatic carbocycles. The Kier molecular flexibility index (Phi) is 7.24. The van der Waals surface area contributed by atoms with Crippen LogP contribution in [0.5, 0.6) is 0 Å². The van der Waals surface area contributed by atoms with Gasteiger partial charge >= 0.3 is 16.9 Å². The highest BCUT2D eigenvalue weighted by Gasteiger charge is 2.24. The number of hydrogen-bond acceptors (Lipinski definition) is 9. The van der Waals surface area contributed by atoms with Crippen molar-refractivity contribution < 1.29 is 28.8 Å². The number of rotatable bonds is 8. The molecule has 0 atom stereocenters. The van der Waals surface area contributed by atoms with Gasteiger partial charge in [0.2, 0.25) is 0 Å². The predicted octanol–water partition coefficient (Wildman–Crippen LogP) is 3.56. The zero-order chi connectivity index (χ0) is 20.8. The molecule has 1 amide bonds. The minimum absolute atomic E-state index is 0.0203. The van der Waals surface area contributed by atoms with E-state index in [9.17, 15) is 24.5 Å². The van der Waals surface area contributed by atoms with Crippen LogP contribution in [-0.4, -0.2) is 36.0 Å². The standard InChI is InChI=1S/C17H18N2O7S2/c1-4-10-9(3)27-15(14(10)17(22)25-5-2)18-12(20)8-26-16(21)11-6-7-13(28-11)19(23)24/h6-7H,4-5,8H2,1-3H3,(H,18,20). The van der Waals surface area contributed by atoms with Crippen LogP contribution in [-0.2, 0) is 20.7 Å². The highest BCUT2D eigenvalue weighted by atomic mass is 32.1. The van der Waals surface area contributed by atoms with E-state index < -0.39 is 29.4 Å². The molecule has 150 valence electrons. The molecule has 2 heterocycles. The Morgan fingerprint density at radius 1 is 1.14 bits per heavy atom. The van der Waals surface area contributed by atoms with Crippen molar-refractivity contribution in [1.29, 1.82) is 0 Å². The minimum Gasteiger partial charge on any atom is -0.462 e. The molecule has 2 rings (SSSR count). The number of esters is 2. The van der Waals surface area contributed by atoms with Crippen molar-refractivity contribution in [2.24, 2.45) is 0 Å². The van der Waals surface area contributed by atoms with Crippen LogP contribution >= 0.6 is 22.7 Å². The number of nitrogens with one attached hydrogen (secondary N) is 1. The van der Waals surface area contributed by atoms with Gasteiger partial charge in [0.1, 0.15) is 9.88 Å². The summed E-state index contributed by atoms with van der Waals surface area (Å²) in [6.45, 7) is 5.03. The molecule has 2 aromatic rings. The quantitative estimate of drug-likeness (QED) is 0.389. The zero-order valence-corrected chi connectivity index (χ0v) is 17.0. The van der Waals surface area contributed by atoms with Gasteiger partial charge in [-0.15, -0.1) is 11.3 Å². The fourth-order valence-electron chi connectivity index (χ4n) is 2.41. The number of carbonyl (C=O) groups is 3. The summed E-state index contributed by atoms with van der Waals surface area (Å²) < 4.78 is 9.95. The molecule has 11 heteroatoms. The molecule has 28 heavy (non-hydrogen) atoms. The summed E-state index contributed by atoms with van der Waals surface area (Å²) in [6, 6.07) is 2.45. The minimum atomic E-state index is -0.838. The first kappa shape index (κ1) is 21.5. The summed E-state index contributed by atoms with van der Waals surface area (Å²) >= 11 is 1.90. The first-order valence-corrected chi connectivity index (χ1v) is 9.92. The van der Waals surface area contributed by atoms with Gasteiger partial charge in [-0.1, -0.05) is 18.3 Å². The highest BCUT2D eigenvalue weighted by Crippen LogP contribution is 2.34. The fraction of sp³-hybridized carbons (Fsp3) is 0.353. The molecule has 2 aromatic heterocycles. The van der Waals surface area contributed by atoms with Crippen LogP contribution in [0.15, 0.2) is 12.1 Å². The average Bonchev–Trinajstić information content (AvgIpc) is 3.24. The second kappa shape index (κ2) is 9.42. The van der Waals surface area contributed by atoms with E-state index in [0.717, 1.165) is 10.4 Å². The van der Waals surface area contributed by atoms with Crippen molar-refractivity contribution in [3.8, 4) is 0 Å². The highest BCUT2D eigenvalue weighted by molar-refractivity contribution is 7.17. The molecule has 0 unspecified atom stereocenters. The maximum absolute atomic E-state index is 12.2. The van der Waals surface area contributed by atoms with E-state index in [1.807, 2.05) is 13.8 Å². The second-order valence-corrected chi connectivity index (χ2v) is 7.72. The lowest BCUT2D eigenvalue weighted by Gasteiger charge is -2.08. The Morgan fingerprint density at radius 2 is 1.86 bits per heavy atom. The summed E-state index contributed by atoms with van der Waals surface area (Å²) in [5, 5.41) is 13.4. The molecule has 0 fully saturated rings. The summed E-state index contributed by atoms with van der Waals surface area (Å²) in [4.78, 5) is 47.3. The lowest BCUT2D eigenvalue weighted by molar-refractivity contribution is -0.380. The van der Waals surface area contributed by atoms with E-state index in [1.54, 1.807) is 6.92 Å². The van der Waals surface area contributed by atoms with Gasteiger partial charge in [0.15, 0.2) is 6.61 Å². The first-order valence-electron chi connectivity index (χ1n) is 8.29. The molecule has 0 saturated carbocycles. The number of thiophene rings is 2. The van der Waals surface area contributed by atoms with Crippen LogP contribution < -0.4 is 5.32 Å². The van der Waals surface area contributed by atoms with Crippen molar-refractivity contribution >= 4 is 50.5 Å². The van der Waals surface area contributed by atoms with E-state index >= 15 is 0 Å². The van der Waals surface area contributed by atoms with Crippen LogP contribution in [0.3, 0.4) is 0 Å². The van der Waals surface area contributed by atoms with E-state index in [2.05, 4.69) is 5.32 Å². The van der Waals surface area contributed by atoms with Crippen molar-refractivity contribution in [3.63, 3.8) is 0 Å². The molecule has 0 aromatic carbocycles. The van der Waals surface area contributed by atoms with Crippen molar-refractivity contribution in [2.45, 2.75) is 27.2 Å². The van der Waals surface area contributed by atoms with E-state index in [1.165, 1.54) is 23.5 Å². The molecular weight excluding hydrogens is 408 g/mol. The number of amides is 1. The lowest BCUT2D eigenvalue weighted by atomic mass is 10.1. The maximum Gasteiger partial charge on any atom is 0.349 e. The van der Waals surface area contributed by atoms with Crippen molar-refractivity contribution in [1.82, 2.24) is 0 Å². The van der Waals surface area contributed by atoms with Gasteiger partial charge in [0, 0.05) is 10.9 Å². The Bertz CT molecular complexity index is 917. The molecule has 0 bridgehead atoms. The molecule has 1 N–H and O–H groups in total. The van der Waals surface area contributed by atoms with Gasteiger partial charge in [0.25, 0.3) is 5.91 Å². The van der Waals surface area contributed by atoms with Crippen molar-refractivity contribution in [3.05, 3.63) is 43.1 Å². The number of anilines is 1. The monoisotopic (exact) mass is 426 g/mol. The summed E-state index contributed by atoms with van der Waals surface area (Å²) in [6.07, 6.45) is 0.596. The van der Waals surface area contributed by atoms with Crippen LogP contribution in [0.25, 0.3) is 0 Å². The maximum atomic E-state index is 12.2. The Morgan fingerprint density at radius 3 is 2.43 bits per heavy atom. The van der Waals surface area contributed by atoms with Gasteiger partial charge in [-0.25, -0.2) is 9.59 Å². The van der Waals surface area contributed by atoms with E-state index in [4.69, 9.17) is 9.47 Å². The van der Waals surface area contributed by atoms with Crippen molar-refractivity contribution in [2.75, 3.05) is 18.5 Å². The summed E-state index contributed by atoms with van der Waals surface area (Å²) in [7, 11) is 0. The Balaban J connectivity index is 2.05. The Hall–Kier alpha value is -2.79. The molecule has 0 aliphatic rings. The molecular formula is C17H18N2O7S2. The molecule has 0 radical (unpaired) electrons. The first-order chi connectivity index (χ1) is 13.3. The topological polar surface area (TPSA) is 125 Å². The van der Waals surface area contributed by atoms with Crippen LogP contribution in [0.1, 0.15) is 44.3 Å². The van der Waals surface area contributed by atoms with E-state index in [0.29, 0.717) is 28.3 Å². The van der Waals surface area contributed by atoms with Gasteiger partial charge < -0.3 is 14.8 Å². The summed E-state index contributed by atoms with van der Waals surface area (Å²) in [5.74, 6) is -1.99. The third kappa shape index (κ3) is 4.93. The number of nitro groups is 1. The third-order valence-electron chi connectivity index (χ3n) is 3.60. The average molecular weight is 426 g/mol. The number of nitrogens with zero attached hydrogens (tertiary/aromatic N) is 1. The largest absolute Gasteiger partial charge is 0.462 e. The lowest BCUT2D eigenvalue weighted by Crippen LogP contribution is -2.21. The third-order valence-corrected chi connectivity index (χ3v) is 5.68. The molecule has 0 spiro atoms.